The number of rotatable bonds is 2. The minimum atomic E-state index is -0.160. The molecule has 0 amide bonds. The number of hydrogen-bond donors (Lipinski definition) is 1. The first kappa shape index (κ1) is 8.55. The maximum absolute atomic E-state index is 11.7. The minimum Gasteiger partial charge on any atom is -0.427 e. The predicted molar refractivity (Wildman–Crippen MR) is 51.6 cm³/mol. The second-order valence-electron chi connectivity index (χ2n) is 2.69. The molecule has 5 nitrogen and oxygen atoms in total. The van der Waals surface area contributed by atoms with Gasteiger partial charge in [-0.15, -0.1) is 0 Å². The van der Waals surface area contributed by atoms with E-state index in [-0.39, 0.29) is 5.56 Å². The van der Waals surface area contributed by atoms with Crippen molar-refractivity contribution in [2.45, 2.75) is 0 Å². The van der Waals surface area contributed by atoms with Crippen LogP contribution >= 0.6 is 0 Å². The van der Waals surface area contributed by atoms with Crippen LogP contribution in [0.15, 0.2) is 40.1 Å². The smallest absolute Gasteiger partial charge is 0.280 e. The van der Waals surface area contributed by atoms with Crippen LogP contribution in [0, 0.1) is 0 Å². The van der Waals surface area contributed by atoms with Gasteiger partial charge in [0.2, 0.25) is 5.88 Å². The number of aromatic nitrogens is 2. The van der Waals surface area contributed by atoms with E-state index in [1.807, 2.05) is 0 Å². The highest BCUT2D eigenvalue weighted by molar-refractivity contribution is 5.41. The highest BCUT2D eigenvalue weighted by atomic mass is 16.4. The summed E-state index contributed by atoms with van der Waals surface area (Å²) in [5.41, 5.74) is 0.357. The quantitative estimate of drug-likeness (QED) is 0.765. The fourth-order valence-corrected chi connectivity index (χ4v) is 1.19. The average molecular weight is 191 g/mol. The average Bonchev–Trinajstić information content (AvgIpc) is 2.71. The van der Waals surface area contributed by atoms with Crippen LogP contribution < -0.4 is 10.9 Å². The molecule has 0 spiro atoms. The Bertz CT molecular complexity index is 473. The largest absolute Gasteiger partial charge is 0.427 e. The third kappa shape index (κ3) is 1.28. The molecule has 2 aromatic rings. The maximum atomic E-state index is 11.7. The number of nitrogens with one attached hydrogen (secondary N) is 1. The van der Waals surface area contributed by atoms with Crippen LogP contribution in [0.25, 0.3) is 5.88 Å². The van der Waals surface area contributed by atoms with Gasteiger partial charge in [-0.3, -0.25) is 9.36 Å². The van der Waals surface area contributed by atoms with E-state index in [4.69, 9.17) is 4.42 Å². The first-order valence-electron chi connectivity index (χ1n) is 4.11. The standard InChI is InChI=1S/C9H9N3O2/c1-10-7-3-2-4-12(9(7)13)8-5-11-6-14-8/h2-6,10H,1H3. The summed E-state index contributed by atoms with van der Waals surface area (Å²) in [6.45, 7) is 0. The lowest BCUT2D eigenvalue weighted by molar-refractivity contribution is 0.527. The molecule has 0 atom stereocenters. The lowest BCUT2D eigenvalue weighted by Gasteiger charge is -2.03. The van der Waals surface area contributed by atoms with Gasteiger partial charge in [-0.05, 0) is 12.1 Å². The van der Waals surface area contributed by atoms with Crippen LogP contribution in [0.3, 0.4) is 0 Å². The predicted octanol–water partition coefficient (Wildman–Crippen LogP) is 0.867. The molecule has 0 aliphatic rings. The lowest BCUT2D eigenvalue weighted by Crippen LogP contribution is -2.19. The van der Waals surface area contributed by atoms with Crippen LogP contribution in [-0.4, -0.2) is 16.6 Å². The summed E-state index contributed by atoms with van der Waals surface area (Å²) in [5, 5.41) is 2.80. The number of oxazole rings is 1. The molecule has 0 aliphatic carbocycles. The second kappa shape index (κ2) is 3.37. The van der Waals surface area contributed by atoms with Crippen molar-refractivity contribution in [3.8, 4) is 5.88 Å². The second-order valence-corrected chi connectivity index (χ2v) is 2.69. The zero-order valence-electron chi connectivity index (χ0n) is 7.60. The summed E-state index contributed by atoms with van der Waals surface area (Å²) in [7, 11) is 1.70. The molecule has 0 saturated carbocycles. The van der Waals surface area contributed by atoms with Gasteiger partial charge in [0.1, 0.15) is 5.69 Å². The highest BCUT2D eigenvalue weighted by Crippen LogP contribution is 2.04. The topological polar surface area (TPSA) is 60.1 Å². The van der Waals surface area contributed by atoms with E-state index in [0.717, 1.165) is 0 Å². The SMILES string of the molecule is CNc1cccn(-c2cnco2)c1=O. The molecule has 0 radical (unpaired) electrons. The summed E-state index contributed by atoms with van der Waals surface area (Å²) in [6, 6.07) is 3.46. The van der Waals surface area contributed by atoms with E-state index in [2.05, 4.69) is 10.3 Å². The molecule has 0 aliphatic heterocycles. The van der Waals surface area contributed by atoms with Gasteiger partial charge in [0, 0.05) is 13.2 Å². The Morgan fingerprint density at radius 1 is 1.57 bits per heavy atom. The van der Waals surface area contributed by atoms with Crippen LogP contribution in [0.1, 0.15) is 0 Å². The minimum absolute atomic E-state index is 0.160. The van der Waals surface area contributed by atoms with Gasteiger partial charge < -0.3 is 9.73 Å². The summed E-state index contributed by atoms with van der Waals surface area (Å²) in [6.07, 6.45) is 4.40. The van der Waals surface area contributed by atoms with E-state index in [0.29, 0.717) is 11.6 Å². The van der Waals surface area contributed by atoms with E-state index < -0.39 is 0 Å². The van der Waals surface area contributed by atoms with Crippen LogP contribution in [0.5, 0.6) is 0 Å². The van der Waals surface area contributed by atoms with Crippen molar-refractivity contribution in [1.82, 2.24) is 9.55 Å². The Kier molecular flexibility index (Phi) is 2.06. The Balaban J connectivity index is 2.60. The summed E-state index contributed by atoms with van der Waals surface area (Å²) >= 11 is 0. The molecule has 0 fully saturated rings. The molecule has 2 aromatic heterocycles. The molecule has 2 heterocycles. The molecular weight excluding hydrogens is 182 g/mol. The molecule has 5 heteroatoms. The number of pyridine rings is 1. The van der Waals surface area contributed by atoms with Crippen molar-refractivity contribution in [1.29, 1.82) is 0 Å². The number of anilines is 1. The van der Waals surface area contributed by atoms with Crippen LogP contribution in [0.4, 0.5) is 5.69 Å². The Hall–Kier alpha value is -2.04. The molecule has 0 bridgehead atoms. The first-order valence-corrected chi connectivity index (χ1v) is 4.11. The van der Waals surface area contributed by atoms with Crippen molar-refractivity contribution in [3.63, 3.8) is 0 Å². The monoisotopic (exact) mass is 191 g/mol. The Labute approximate surface area is 80.0 Å². The normalized spacial score (nSPS) is 10.1. The fraction of sp³-hybridized carbons (Fsp3) is 0.111. The third-order valence-electron chi connectivity index (χ3n) is 1.87. The molecule has 0 unspecified atom stereocenters. The first-order chi connectivity index (χ1) is 6.83. The van der Waals surface area contributed by atoms with Gasteiger partial charge in [-0.1, -0.05) is 0 Å². The summed E-state index contributed by atoms with van der Waals surface area (Å²) in [4.78, 5) is 15.5. The van der Waals surface area contributed by atoms with E-state index >= 15 is 0 Å². The molecule has 2 rings (SSSR count). The van der Waals surface area contributed by atoms with Crippen LogP contribution in [-0.2, 0) is 0 Å². The zero-order chi connectivity index (χ0) is 9.97. The van der Waals surface area contributed by atoms with E-state index in [1.54, 1.807) is 25.4 Å². The van der Waals surface area contributed by atoms with Crippen molar-refractivity contribution < 1.29 is 4.42 Å². The van der Waals surface area contributed by atoms with Crippen molar-refractivity contribution in [2.24, 2.45) is 0 Å². The molecule has 0 aromatic carbocycles. The summed E-state index contributed by atoms with van der Waals surface area (Å²) in [5.74, 6) is 0.409. The molecule has 1 N–H and O–H groups in total. The van der Waals surface area contributed by atoms with Crippen molar-refractivity contribution in [3.05, 3.63) is 41.3 Å². The zero-order valence-corrected chi connectivity index (χ0v) is 7.60. The van der Waals surface area contributed by atoms with Gasteiger partial charge in [0.15, 0.2) is 6.39 Å². The Morgan fingerprint density at radius 3 is 3.07 bits per heavy atom. The Morgan fingerprint density at radius 2 is 2.43 bits per heavy atom. The van der Waals surface area contributed by atoms with Gasteiger partial charge >= 0.3 is 0 Å². The van der Waals surface area contributed by atoms with E-state index in [9.17, 15) is 4.79 Å². The molecule has 72 valence electrons. The summed E-state index contributed by atoms with van der Waals surface area (Å²) < 4.78 is 6.41. The van der Waals surface area contributed by atoms with Gasteiger partial charge in [-0.25, -0.2) is 4.98 Å². The molecular formula is C9H9N3O2. The highest BCUT2D eigenvalue weighted by Gasteiger charge is 2.04. The van der Waals surface area contributed by atoms with Gasteiger partial charge in [0.05, 0.1) is 6.20 Å². The van der Waals surface area contributed by atoms with E-state index in [1.165, 1.54) is 17.2 Å². The lowest BCUT2D eigenvalue weighted by atomic mass is 10.4. The molecule has 0 saturated heterocycles. The number of hydrogen-bond acceptors (Lipinski definition) is 4. The van der Waals surface area contributed by atoms with Gasteiger partial charge in [-0.2, -0.15) is 0 Å². The van der Waals surface area contributed by atoms with Crippen molar-refractivity contribution >= 4 is 5.69 Å². The van der Waals surface area contributed by atoms with Crippen LogP contribution in [0.2, 0.25) is 0 Å². The third-order valence-corrected chi connectivity index (χ3v) is 1.87. The molecule has 14 heavy (non-hydrogen) atoms. The van der Waals surface area contributed by atoms with Gasteiger partial charge in [0.25, 0.3) is 5.56 Å². The number of nitrogens with zero attached hydrogens (tertiary/aromatic N) is 2. The van der Waals surface area contributed by atoms with Crippen molar-refractivity contribution in [2.75, 3.05) is 12.4 Å². The maximum Gasteiger partial charge on any atom is 0.280 e. The fourth-order valence-electron chi connectivity index (χ4n) is 1.19.